The zero-order chi connectivity index (χ0) is 21.7. The lowest BCUT2D eigenvalue weighted by Crippen LogP contribution is -2.51. The molecule has 0 N–H and O–H groups in total. The van der Waals surface area contributed by atoms with Gasteiger partial charge >= 0.3 is 0 Å². The standard InChI is InChI=1S/C22H33N3O5S/c26-22(23-10-6-19(18-23)9-15-30-21-4-2-1-3-5-21)20-7-11-24(12-8-20)31(27,28)25-13-16-29-17-14-25/h1-5,19-20H,6-18H2. The largest absolute Gasteiger partial charge is 0.494 e. The molecule has 8 nitrogen and oxygen atoms in total. The summed E-state index contributed by atoms with van der Waals surface area (Å²) in [6.45, 7) is 4.77. The normalized spacial score (nSPS) is 24.4. The van der Waals surface area contributed by atoms with E-state index in [4.69, 9.17) is 9.47 Å². The molecule has 0 spiro atoms. The van der Waals surface area contributed by atoms with E-state index in [-0.39, 0.29) is 11.8 Å². The van der Waals surface area contributed by atoms with Gasteiger partial charge in [0.05, 0.1) is 19.8 Å². The molecule has 0 radical (unpaired) electrons. The quantitative estimate of drug-likeness (QED) is 0.629. The Morgan fingerprint density at radius 3 is 2.35 bits per heavy atom. The number of carbonyl (C=O) groups excluding carboxylic acids is 1. The molecule has 1 atom stereocenters. The van der Waals surface area contributed by atoms with E-state index in [9.17, 15) is 13.2 Å². The summed E-state index contributed by atoms with van der Waals surface area (Å²) in [6, 6.07) is 9.80. The Hall–Kier alpha value is -1.68. The van der Waals surface area contributed by atoms with Crippen molar-refractivity contribution in [2.75, 3.05) is 59.1 Å². The van der Waals surface area contributed by atoms with Crippen molar-refractivity contribution in [3.63, 3.8) is 0 Å². The first-order chi connectivity index (χ1) is 15.0. The van der Waals surface area contributed by atoms with Crippen LogP contribution < -0.4 is 4.74 Å². The van der Waals surface area contributed by atoms with Crippen LogP contribution in [0.25, 0.3) is 0 Å². The van der Waals surface area contributed by atoms with Crippen LogP contribution in [0.3, 0.4) is 0 Å². The average Bonchev–Trinajstić information content (AvgIpc) is 3.29. The maximum atomic E-state index is 13.0. The van der Waals surface area contributed by atoms with Crippen LogP contribution in [0.5, 0.6) is 5.75 Å². The lowest BCUT2D eigenvalue weighted by atomic mass is 9.96. The molecule has 0 aliphatic carbocycles. The van der Waals surface area contributed by atoms with Gasteiger partial charge in [-0.05, 0) is 43.7 Å². The molecule has 9 heteroatoms. The summed E-state index contributed by atoms with van der Waals surface area (Å²) in [5.41, 5.74) is 0. The first-order valence-electron chi connectivity index (χ1n) is 11.3. The third-order valence-corrected chi connectivity index (χ3v) is 8.60. The van der Waals surface area contributed by atoms with Crippen LogP contribution in [0, 0.1) is 11.8 Å². The number of nitrogens with zero attached hydrogens (tertiary/aromatic N) is 3. The molecule has 3 aliphatic heterocycles. The number of morpholine rings is 1. The minimum atomic E-state index is -3.45. The van der Waals surface area contributed by atoms with Gasteiger partial charge in [-0.2, -0.15) is 17.0 Å². The highest BCUT2D eigenvalue weighted by molar-refractivity contribution is 7.86. The molecule has 4 rings (SSSR count). The van der Waals surface area contributed by atoms with Gasteiger partial charge in [0.25, 0.3) is 10.2 Å². The predicted octanol–water partition coefficient (Wildman–Crippen LogP) is 1.59. The van der Waals surface area contributed by atoms with E-state index >= 15 is 0 Å². The summed E-state index contributed by atoms with van der Waals surface area (Å²) in [5, 5.41) is 0. The van der Waals surface area contributed by atoms with Gasteiger partial charge in [-0.25, -0.2) is 0 Å². The fraction of sp³-hybridized carbons (Fsp3) is 0.682. The molecule has 3 fully saturated rings. The molecule has 0 bridgehead atoms. The van der Waals surface area contributed by atoms with Crippen molar-refractivity contribution in [3.05, 3.63) is 30.3 Å². The van der Waals surface area contributed by atoms with Crippen molar-refractivity contribution in [2.24, 2.45) is 11.8 Å². The molecule has 31 heavy (non-hydrogen) atoms. The van der Waals surface area contributed by atoms with Crippen molar-refractivity contribution < 1.29 is 22.7 Å². The van der Waals surface area contributed by atoms with Crippen LogP contribution in [-0.4, -0.2) is 86.9 Å². The van der Waals surface area contributed by atoms with E-state index in [0.29, 0.717) is 64.8 Å². The summed E-state index contributed by atoms with van der Waals surface area (Å²) >= 11 is 0. The second-order valence-corrected chi connectivity index (χ2v) is 10.5. The highest BCUT2D eigenvalue weighted by Gasteiger charge is 2.37. The summed E-state index contributed by atoms with van der Waals surface area (Å²) in [6.07, 6.45) is 3.14. The maximum absolute atomic E-state index is 13.0. The molecule has 3 heterocycles. The molecule has 0 saturated carbocycles. The molecular formula is C22H33N3O5S. The number of para-hydroxylation sites is 1. The van der Waals surface area contributed by atoms with Gasteiger partial charge in [0.15, 0.2) is 0 Å². The third kappa shape index (κ3) is 5.58. The van der Waals surface area contributed by atoms with Crippen LogP contribution in [-0.2, 0) is 19.7 Å². The van der Waals surface area contributed by atoms with Crippen LogP contribution in [0.2, 0.25) is 0 Å². The summed E-state index contributed by atoms with van der Waals surface area (Å²) in [4.78, 5) is 15.0. The Balaban J connectivity index is 1.20. The smallest absolute Gasteiger partial charge is 0.282 e. The number of hydrogen-bond donors (Lipinski definition) is 0. The lowest BCUT2D eigenvalue weighted by Gasteiger charge is -2.36. The van der Waals surface area contributed by atoms with Crippen LogP contribution in [0.4, 0.5) is 0 Å². The molecule has 0 aromatic heterocycles. The van der Waals surface area contributed by atoms with E-state index < -0.39 is 10.2 Å². The zero-order valence-electron chi connectivity index (χ0n) is 18.0. The predicted molar refractivity (Wildman–Crippen MR) is 117 cm³/mol. The van der Waals surface area contributed by atoms with E-state index in [2.05, 4.69) is 0 Å². The molecule has 1 unspecified atom stereocenters. The first-order valence-corrected chi connectivity index (χ1v) is 12.7. The lowest BCUT2D eigenvalue weighted by molar-refractivity contribution is -0.135. The van der Waals surface area contributed by atoms with Gasteiger partial charge in [0.1, 0.15) is 5.75 Å². The van der Waals surface area contributed by atoms with Crippen molar-refractivity contribution in [3.8, 4) is 5.75 Å². The van der Waals surface area contributed by atoms with E-state index in [1.54, 1.807) is 0 Å². The molecule has 1 aromatic rings. The van der Waals surface area contributed by atoms with Crippen LogP contribution >= 0.6 is 0 Å². The number of rotatable bonds is 7. The Labute approximate surface area is 185 Å². The van der Waals surface area contributed by atoms with Crippen LogP contribution in [0.1, 0.15) is 25.7 Å². The van der Waals surface area contributed by atoms with Gasteiger partial charge < -0.3 is 14.4 Å². The monoisotopic (exact) mass is 451 g/mol. The third-order valence-electron chi connectivity index (χ3n) is 6.56. The highest BCUT2D eigenvalue weighted by Crippen LogP contribution is 2.27. The number of benzene rings is 1. The molecule has 3 saturated heterocycles. The Morgan fingerprint density at radius 1 is 0.968 bits per heavy atom. The number of likely N-dealkylation sites (tertiary alicyclic amines) is 1. The van der Waals surface area contributed by atoms with Crippen LogP contribution in [0.15, 0.2) is 30.3 Å². The minimum Gasteiger partial charge on any atom is -0.494 e. The Kier molecular flexibility index (Phi) is 7.47. The second kappa shape index (κ2) is 10.3. The first kappa shape index (κ1) is 22.5. The van der Waals surface area contributed by atoms with Gasteiger partial charge in [-0.1, -0.05) is 18.2 Å². The SMILES string of the molecule is O=C(C1CCN(S(=O)(=O)N2CCOCC2)CC1)N1CCC(CCOc2ccccc2)C1. The van der Waals surface area contributed by atoms with E-state index in [0.717, 1.165) is 31.7 Å². The molecule has 1 aromatic carbocycles. The maximum Gasteiger partial charge on any atom is 0.282 e. The topological polar surface area (TPSA) is 79.4 Å². The molecule has 3 aliphatic rings. The van der Waals surface area contributed by atoms with Crippen molar-refractivity contribution in [2.45, 2.75) is 25.7 Å². The summed E-state index contributed by atoms with van der Waals surface area (Å²) in [5.74, 6) is 1.46. The average molecular weight is 452 g/mol. The van der Waals surface area contributed by atoms with Gasteiger partial charge in [-0.3, -0.25) is 4.79 Å². The molecule has 1 amide bonds. The fourth-order valence-corrected chi connectivity index (χ4v) is 6.27. The van der Waals surface area contributed by atoms with E-state index in [1.165, 1.54) is 8.61 Å². The van der Waals surface area contributed by atoms with Gasteiger partial charge in [-0.15, -0.1) is 0 Å². The highest BCUT2D eigenvalue weighted by atomic mass is 32.2. The van der Waals surface area contributed by atoms with Crippen molar-refractivity contribution >= 4 is 16.1 Å². The van der Waals surface area contributed by atoms with Gasteiger partial charge in [0.2, 0.25) is 5.91 Å². The summed E-state index contributed by atoms with van der Waals surface area (Å²) < 4.78 is 39.7. The zero-order valence-corrected chi connectivity index (χ0v) is 18.8. The number of hydrogen-bond acceptors (Lipinski definition) is 5. The number of ether oxygens (including phenoxy) is 2. The van der Waals surface area contributed by atoms with Gasteiger partial charge in [0, 0.05) is 45.2 Å². The van der Waals surface area contributed by atoms with Crippen molar-refractivity contribution in [1.82, 2.24) is 13.5 Å². The Morgan fingerprint density at radius 2 is 1.65 bits per heavy atom. The minimum absolute atomic E-state index is 0.0737. The van der Waals surface area contributed by atoms with Crippen molar-refractivity contribution in [1.29, 1.82) is 0 Å². The molecular weight excluding hydrogens is 418 g/mol. The van der Waals surface area contributed by atoms with E-state index in [1.807, 2.05) is 35.2 Å². The second-order valence-electron chi connectivity index (χ2n) is 8.58. The number of carbonyl (C=O) groups is 1. The summed E-state index contributed by atoms with van der Waals surface area (Å²) in [7, 11) is -3.45. The fourth-order valence-electron chi connectivity index (χ4n) is 4.66. The molecule has 172 valence electrons. The Bertz CT molecular complexity index is 821. The number of piperidine rings is 1. The number of amides is 1.